The molecule has 0 bridgehead atoms. The number of benzene rings is 1. The molecule has 2 aromatic rings. The highest BCUT2D eigenvalue weighted by atomic mass is 16.5. The summed E-state index contributed by atoms with van der Waals surface area (Å²) >= 11 is 0. The molecule has 1 atom stereocenters. The second-order valence-electron chi connectivity index (χ2n) is 5.31. The predicted octanol–water partition coefficient (Wildman–Crippen LogP) is 1.40. The summed E-state index contributed by atoms with van der Waals surface area (Å²) in [4.78, 5) is 0. The van der Waals surface area contributed by atoms with Crippen LogP contribution < -0.4 is 10.5 Å². The van der Waals surface area contributed by atoms with Crippen LogP contribution in [0.1, 0.15) is 23.6 Å². The fraction of sp³-hybridized carbons (Fsp3) is 0.467. The van der Waals surface area contributed by atoms with Gasteiger partial charge in [0.1, 0.15) is 17.4 Å². The van der Waals surface area contributed by atoms with Crippen molar-refractivity contribution in [3.05, 3.63) is 41.5 Å². The third-order valence-electron chi connectivity index (χ3n) is 3.98. The molecule has 5 heteroatoms. The van der Waals surface area contributed by atoms with Gasteiger partial charge >= 0.3 is 0 Å². The van der Waals surface area contributed by atoms with Gasteiger partial charge in [-0.2, -0.15) is 0 Å². The molecule has 106 valence electrons. The Morgan fingerprint density at radius 3 is 2.80 bits per heavy atom. The van der Waals surface area contributed by atoms with Gasteiger partial charge in [-0.1, -0.05) is 12.1 Å². The highest BCUT2D eigenvalue weighted by molar-refractivity contribution is 5.29. The molecule has 1 aromatic heterocycles. The highest BCUT2D eigenvalue weighted by Crippen LogP contribution is 2.21. The zero-order valence-electron chi connectivity index (χ0n) is 11.7. The Labute approximate surface area is 118 Å². The van der Waals surface area contributed by atoms with Crippen molar-refractivity contribution in [1.82, 2.24) is 14.8 Å². The van der Waals surface area contributed by atoms with Crippen LogP contribution in [-0.4, -0.2) is 28.4 Å². The topological polar surface area (TPSA) is 66.0 Å². The Bertz CT molecular complexity index is 576. The molecular weight excluding hydrogens is 252 g/mol. The number of aryl methyl sites for hydroxylation is 1. The smallest absolute Gasteiger partial charge is 0.137 e. The summed E-state index contributed by atoms with van der Waals surface area (Å²) in [6.07, 6.45) is 2.91. The normalized spacial score (nSPS) is 17.8. The van der Waals surface area contributed by atoms with Crippen LogP contribution in [0.15, 0.2) is 24.3 Å². The van der Waals surface area contributed by atoms with Gasteiger partial charge in [-0.3, -0.25) is 0 Å². The van der Waals surface area contributed by atoms with Crippen LogP contribution in [0.3, 0.4) is 0 Å². The van der Waals surface area contributed by atoms with E-state index >= 15 is 0 Å². The number of aromatic nitrogens is 3. The van der Waals surface area contributed by atoms with E-state index in [0.29, 0.717) is 5.92 Å². The minimum absolute atomic E-state index is 0.549. The van der Waals surface area contributed by atoms with Gasteiger partial charge < -0.3 is 15.0 Å². The Morgan fingerprint density at radius 1 is 1.30 bits per heavy atom. The van der Waals surface area contributed by atoms with Crippen molar-refractivity contribution in [2.75, 3.05) is 13.7 Å². The van der Waals surface area contributed by atoms with Gasteiger partial charge in [0.05, 0.1) is 7.11 Å². The van der Waals surface area contributed by atoms with Crippen LogP contribution in [0.4, 0.5) is 0 Å². The molecule has 0 saturated heterocycles. The monoisotopic (exact) mass is 272 g/mol. The van der Waals surface area contributed by atoms with E-state index in [2.05, 4.69) is 26.9 Å². The molecule has 0 radical (unpaired) electrons. The van der Waals surface area contributed by atoms with Crippen molar-refractivity contribution < 1.29 is 4.74 Å². The van der Waals surface area contributed by atoms with Gasteiger partial charge in [0.2, 0.25) is 0 Å². The molecule has 1 aliphatic heterocycles. The molecule has 20 heavy (non-hydrogen) atoms. The average molecular weight is 272 g/mol. The van der Waals surface area contributed by atoms with Gasteiger partial charge in [-0.25, -0.2) is 0 Å². The van der Waals surface area contributed by atoms with E-state index in [4.69, 9.17) is 10.5 Å². The van der Waals surface area contributed by atoms with Gasteiger partial charge in [0.15, 0.2) is 0 Å². The molecule has 2 heterocycles. The van der Waals surface area contributed by atoms with E-state index in [-0.39, 0.29) is 0 Å². The number of hydrogen-bond acceptors (Lipinski definition) is 4. The number of fused-ring (bicyclic) bond motifs is 1. The quantitative estimate of drug-likeness (QED) is 0.913. The van der Waals surface area contributed by atoms with Gasteiger partial charge in [-0.15, -0.1) is 10.2 Å². The van der Waals surface area contributed by atoms with Crippen LogP contribution in [0.25, 0.3) is 0 Å². The maximum atomic E-state index is 5.80. The summed E-state index contributed by atoms with van der Waals surface area (Å²) in [5.74, 6) is 3.55. The van der Waals surface area contributed by atoms with Crippen molar-refractivity contribution in [1.29, 1.82) is 0 Å². The first-order valence-corrected chi connectivity index (χ1v) is 7.04. The number of ether oxygens (including phenoxy) is 1. The van der Waals surface area contributed by atoms with E-state index < -0.39 is 0 Å². The number of nitrogens with zero attached hydrogens (tertiary/aromatic N) is 3. The minimum Gasteiger partial charge on any atom is -0.497 e. The van der Waals surface area contributed by atoms with Crippen LogP contribution in [0.5, 0.6) is 5.75 Å². The lowest BCUT2D eigenvalue weighted by atomic mass is 9.99. The molecule has 5 nitrogen and oxygen atoms in total. The molecule has 1 aromatic carbocycles. The van der Waals surface area contributed by atoms with Gasteiger partial charge in [0.25, 0.3) is 0 Å². The average Bonchev–Trinajstić information content (AvgIpc) is 2.90. The Hall–Kier alpha value is -1.88. The molecule has 0 aliphatic carbocycles. The fourth-order valence-electron chi connectivity index (χ4n) is 2.70. The van der Waals surface area contributed by atoms with E-state index in [9.17, 15) is 0 Å². The molecule has 2 N–H and O–H groups in total. The van der Waals surface area contributed by atoms with E-state index in [1.54, 1.807) is 7.11 Å². The Morgan fingerprint density at radius 2 is 2.10 bits per heavy atom. The first-order chi connectivity index (χ1) is 9.80. The Balaban J connectivity index is 1.79. The SMILES string of the molecule is COc1ccc(Cc2nnc3n2CC(CN)CC3)cc1. The summed E-state index contributed by atoms with van der Waals surface area (Å²) in [6.45, 7) is 1.68. The lowest BCUT2D eigenvalue weighted by Gasteiger charge is -2.22. The summed E-state index contributed by atoms with van der Waals surface area (Å²) in [7, 11) is 1.68. The summed E-state index contributed by atoms with van der Waals surface area (Å²) in [6, 6.07) is 8.10. The van der Waals surface area contributed by atoms with E-state index in [1.165, 1.54) is 5.56 Å². The van der Waals surface area contributed by atoms with Crippen molar-refractivity contribution in [3.8, 4) is 5.75 Å². The lowest BCUT2D eigenvalue weighted by Crippen LogP contribution is -2.27. The number of hydrogen-bond donors (Lipinski definition) is 1. The molecule has 1 unspecified atom stereocenters. The third kappa shape index (κ3) is 2.54. The van der Waals surface area contributed by atoms with Crippen molar-refractivity contribution in [3.63, 3.8) is 0 Å². The second-order valence-corrected chi connectivity index (χ2v) is 5.31. The summed E-state index contributed by atoms with van der Waals surface area (Å²) in [5.41, 5.74) is 7.01. The fourth-order valence-corrected chi connectivity index (χ4v) is 2.70. The maximum absolute atomic E-state index is 5.80. The van der Waals surface area contributed by atoms with Crippen molar-refractivity contribution >= 4 is 0 Å². The Kier molecular flexibility index (Phi) is 3.69. The zero-order chi connectivity index (χ0) is 13.9. The van der Waals surface area contributed by atoms with Crippen molar-refractivity contribution in [2.45, 2.75) is 25.8 Å². The largest absolute Gasteiger partial charge is 0.497 e. The first-order valence-electron chi connectivity index (χ1n) is 7.04. The summed E-state index contributed by atoms with van der Waals surface area (Å²) in [5, 5.41) is 8.65. The number of nitrogens with two attached hydrogens (primary N) is 1. The molecule has 0 amide bonds. The van der Waals surface area contributed by atoms with Crippen LogP contribution in [0, 0.1) is 5.92 Å². The van der Waals surface area contributed by atoms with Crippen LogP contribution in [-0.2, 0) is 19.4 Å². The predicted molar refractivity (Wildman–Crippen MR) is 76.7 cm³/mol. The second kappa shape index (κ2) is 5.63. The first kappa shape index (κ1) is 13.1. The highest BCUT2D eigenvalue weighted by Gasteiger charge is 2.21. The van der Waals surface area contributed by atoms with E-state index in [1.807, 2.05) is 12.1 Å². The minimum atomic E-state index is 0.549. The van der Waals surface area contributed by atoms with Crippen molar-refractivity contribution in [2.24, 2.45) is 11.7 Å². The molecule has 1 aliphatic rings. The maximum Gasteiger partial charge on any atom is 0.137 e. The van der Waals surface area contributed by atoms with Crippen LogP contribution in [0.2, 0.25) is 0 Å². The molecule has 0 spiro atoms. The standard InChI is InChI=1S/C15H20N4O/c1-20-13-5-2-11(3-6-13)8-15-18-17-14-7-4-12(9-16)10-19(14)15/h2-3,5-6,12H,4,7-10,16H2,1H3. The lowest BCUT2D eigenvalue weighted by molar-refractivity contribution is 0.368. The number of methoxy groups -OCH3 is 1. The van der Waals surface area contributed by atoms with E-state index in [0.717, 1.165) is 49.8 Å². The zero-order valence-corrected chi connectivity index (χ0v) is 11.7. The molecule has 0 fully saturated rings. The van der Waals surface area contributed by atoms with Gasteiger partial charge in [0, 0.05) is 19.4 Å². The molecule has 0 saturated carbocycles. The summed E-state index contributed by atoms with van der Waals surface area (Å²) < 4.78 is 7.42. The molecular formula is C15H20N4O. The number of rotatable bonds is 4. The van der Waals surface area contributed by atoms with Crippen LogP contribution >= 0.6 is 0 Å². The third-order valence-corrected chi connectivity index (χ3v) is 3.98. The molecule has 3 rings (SSSR count). The van der Waals surface area contributed by atoms with Gasteiger partial charge in [-0.05, 0) is 36.6 Å².